The molecule has 1 atom stereocenters. The van der Waals surface area contributed by atoms with Crippen molar-refractivity contribution in [2.24, 2.45) is 5.92 Å². The van der Waals surface area contributed by atoms with E-state index in [4.69, 9.17) is 4.74 Å². The number of ether oxygens (including phenoxy) is 1. The number of benzene rings is 1. The Bertz CT molecular complexity index is 447. The van der Waals surface area contributed by atoms with Crippen LogP contribution in [0.5, 0.6) is 0 Å². The number of rotatable bonds is 5. The molecule has 1 unspecified atom stereocenters. The van der Waals surface area contributed by atoms with E-state index in [2.05, 4.69) is 17.0 Å². The first kappa shape index (κ1) is 14.9. The van der Waals surface area contributed by atoms with Crippen molar-refractivity contribution >= 4 is 11.7 Å². The first-order chi connectivity index (χ1) is 9.74. The van der Waals surface area contributed by atoms with Gasteiger partial charge in [-0.1, -0.05) is 18.2 Å². The van der Waals surface area contributed by atoms with Crippen molar-refractivity contribution in [3.8, 4) is 0 Å². The molecule has 0 aliphatic carbocycles. The fourth-order valence-corrected chi connectivity index (χ4v) is 2.80. The molecule has 4 heteroatoms. The van der Waals surface area contributed by atoms with Gasteiger partial charge in [0.2, 0.25) is 0 Å². The summed E-state index contributed by atoms with van der Waals surface area (Å²) in [7, 11) is 1.42. The lowest BCUT2D eigenvalue weighted by Crippen LogP contribution is -2.37. The third-order valence-corrected chi connectivity index (χ3v) is 3.94. The number of carbonyl (C=O) groups excluding carboxylic acids is 1. The maximum Gasteiger partial charge on any atom is 0.305 e. The molecule has 1 aliphatic heterocycles. The predicted octanol–water partition coefficient (Wildman–Crippen LogP) is 2.00. The van der Waals surface area contributed by atoms with Gasteiger partial charge in [-0.15, -0.1) is 0 Å². The van der Waals surface area contributed by atoms with Crippen LogP contribution >= 0.6 is 0 Å². The van der Waals surface area contributed by atoms with Crippen LogP contribution in [0.25, 0.3) is 0 Å². The van der Waals surface area contributed by atoms with Crippen LogP contribution in [0.1, 0.15) is 24.8 Å². The number of methoxy groups -OCH3 is 1. The van der Waals surface area contributed by atoms with Crippen LogP contribution in [-0.4, -0.2) is 37.9 Å². The standard InChI is InChI=1S/C16H23NO3/c1-20-16(19)9-8-14-6-2-3-7-15(14)17-10-4-5-13(11-17)12-18/h2-3,6-7,13,18H,4-5,8-12H2,1H3. The molecule has 110 valence electrons. The van der Waals surface area contributed by atoms with Crippen molar-refractivity contribution in [1.29, 1.82) is 0 Å². The fraction of sp³-hybridized carbons (Fsp3) is 0.562. The van der Waals surface area contributed by atoms with E-state index in [1.54, 1.807) is 0 Å². The van der Waals surface area contributed by atoms with Crippen LogP contribution in [0, 0.1) is 5.92 Å². The second-order valence-electron chi connectivity index (χ2n) is 5.34. The van der Waals surface area contributed by atoms with Crippen LogP contribution in [0.15, 0.2) is 24.3 Å². The van der Waals surface area contributed by atoms with Gasteiger partial charge in [-0.3, -0.25) is 4.79 Å². The van der Waals surface area contributed by atoms with Crippen LogP contribution < -0.4 is 4.90 Å². The lowest BCUT2D eigenvalue weighted by atomic mass is 9.97. The summed E-state index contributed by atoms with van der Waals surface area (Å²) in [5.74, 6) is 0.184. The largest absolute Gasteiger partial charge is 0.469 e. The molecule has 1 aromatic rings. The number of aliphatic hydroxyl groups is 1. The summed E-state index contributed by atoms with van der Waals surface area (Å²) in [4.78, 5) is 13.6. The van der Waals surface area contributed by atoms with Crippen LogP contribution in [0.2, 0.25) is 0 Å². The van der Waals surface area contributed by atoms with E-state index in [0.29, 0.717) is 18.8 Å². The zero-order chi connectivity index (χ0) is 14.4. The highest BCUT2D eigenvalue weighted by Crippen LogP contribution is 2.27. The molecule has 0 bridgehead atoms. The monoisotopic (exact) mass is 277 g/mol. The summed E-state index contributed by atoms with van der Waals surface area (Å²) in [5.41, 5.74) is 2.37. The molecule has 1 saturated heterocycles. The SMILES string of the molecule is COC(=O)CCc1ccccc1N1CCCC(CO)C1. The van der Waals surface area contributed by atoms with Gasteiger partial charge in [0, 0.05) is 31.8 Å². The molecule has 2 rings (SSSR count). The molecule has 1 aromatic carbocycles. The molecule has 0 amide bonds. The van der Waals surface area contributed by atoms with Crippen molar-refractivity contribution in [3.05, 3.63) is 29.8 Å². The molecule has 0 radical (unpaired) electrons. The molecule has 20 heavy (non-hydrogen) atoms. The molecule has 1 N–H and O–H groups in total. The molecule has 1 heterocycles. The van der Waals surface area contributed by atoms with E-state index >= 15 is 0 Å². The van der Waals surface area contributed by atoms with E-state index in [0.717, 1.165) is 25.9 Å². The van der Waals surface area contributed by atoms with E-state index < -0.39 is 0 Å². The topological polar surface area (TPSA) is 49.8 Å². The third-order valence-electron chi connectivity index (χ3n) is 3.94. The van der Waals surface area contributed by atoms with Gasteiger partial charge < -0.3 is 14.7 Å². The normalized spacial score (nSPS) is 18.9. The summed E-state index contributed by atoms with van der Waals surface area (Å²) in [6.45, 7) is 2.16. The van der Waals surface area contributed by atoms with Crippen LogP contribution in [0.3, 0.4) is 0 Å². The molecule has 4 nitrogen and oxygen atoms in total. The minimum atomic E-state index is -0.174. The Kier molecular flexibility index (Phi) is 5.41. The van der Waals surface area contributed by atoms with E-state index in [9.17, 15) is 9.90 Å². The number of para-hydroxylation sites is 1. The average Bonchev–Trinajstić information content (AvgIpc) is 2.52. The van der Waals surface area contributed by atoms with Gasteiger partial charge in [-0.25, -0.2) is 0 Å². The minimum Gasteiger partial charge on any atom is -0.469 e. The zero-order valence-electron chi connectivity index (χ0n) is 12.0. The minimum absolute atomic E-state index is 0.174. The summed E-state index contributed by atoms with van der Waals surface area (Å²) in [6, 6.07) is 8.20. The Labute approximate surface area is 120 Å². The van der Waals surface area contributed by atoms with Crippen molar-refractivity contribution in [2.75, 3.05) is 31.7 Å². The maximum absolute atomic E-state index is 11.3. The number of esters is 1. The number of hydrogen-bond donors (Lipinski definition) is 1. The van der Waals surface area contributed by atoms with Gasteiger partial charge in [0.05, 0.1) is 7.11 Å². The second kappa shape index (κ2) is 7.29. The number of anilines is 1. The molecule has 1 fully saturated rings. The lowest BCUT2D eigenvalue weighted by Gasteiger charge is -2.35. The number of carbonyl (C=O) groups is 1. The quantitative estimate of drug-likeness (QED) is 0.836. The number of aryl methyl sites for hydroxylation is 1. The first-order valence-corrected chi connectivity index (χ1v) is 7.25. The van der Waals surface area contributed by atoms with Gasteiger partial charge in [-0.05, 0) is 36.8 Å². The Morgan fingerprint density at radius 2 is 2.25 bits per heavy atom. The summed E-state index contributed by atoms with van der Waals surface area (Å²) >= 11 is 0. The van der Waals surface area contributed by atoms with Gasteiger partial charge in [0.15, 0.2) is 0 Å². The molecule has 0 saturated carbocycles. The van der Waals surface area contributed by atoms with E-state index in [1.807, 2.05) is 12.1 Å². The molecular formula is C16H23NO3. The van der Waals surface area contributed by atoms with Crippen molar-refractivity contribution in [1.82, 2.24) is 0 Å². The molecular weight excluding hydrogens is 254 g/mol. The third kappa shape index (κ3) is 3.73. The summed E-state index contributed by atoms with van der Waals surface area (Å²) in [6.07, 6.45) is 3.31. The Morgan fingerprint density at radius 3 is 3.00 bits per heavy atom. The maximum atomic E-state index is 11.3. The predicted molar refractivity (Wildman–Crippen MR) is 78.8 cm³/mol. The van der Waals surface area contributed by atoms with Crippen molar-refractivity contribution in [3.63, 3.8) is 0 Å². The highest BCUT2D eigenvalue weighted by Gasteiger charge is 2.21. The second-order valence-corrected chi connectivity index (χ2v) is 5.34. The number of nitrogens with zero attached hydrogens (tertiary/aromatic N) is 1. The Hall–Kier alpha value is -1.55. The first-order valence-electron chi connectivity index (χ1n) is 7.25. The van der Waals surface area contributed by atoms with E-state index in [1.165, 1.54) is 18.4 Å². The average molecular weight is 277 g/mol. The van der Waals surface area contributed by atoms with Crippen molar-refractivity contribution in [2.45, 2.75) is 25.7 Å². The van der Waals surface area contributed by atoms with Gasteiger partial charge in [0.1, 0.15) is 0 Å². The van der Waals surface area contributed by atoms with Crippen LogP contribution in [-0.2, 0) is 16.0 Å². The van der Waals surface area contributed by atoms with Gasteiger partial charge in [-0.2, -0.15) is 0 Å². The number of aliphatic hydroxyl groups excluding tert-OH is 1. The summed E-state index contributed by atoms with van der Waals surface area (Å²) in [5, 5.41) is 9.35. The molecule has 1 aliphatic rings. The highest BCUT2D eigenvalue weighted by atomic mass is 16.5. The number of piperidine rings is 1. The lowest BCUT2D eigenvalue weighted by molar-refractivity contribution is -0.140. The van der Waals surface area contributed by atoms with Crippen LogP contribution in [0.4, 0.5) is 5.69 Å². The molecule has 0 aromatic heterocycles. The van der Waals surface area contributed by atoms with Gasteiger partial charge >= 0.3 is 5.97 Å². The Morgan fingerprint density at radius 1 is 1.45 bits per heavy atom. The smallest absolute Gasteiger partial charge is 0.305 e. The van der Waals surface area contributed by atoms with Crippen molar-refractivity contribution < 1.29 is 14.6 Å². The number of hydrogen-bond acceptors (Lipinski definition) is 4. The highest BCUT2D eigenvalue weighted by molar-refractivity contribution is 5.70. The summed E-state index contributed by atoms with van der Waals surface area (Å²) < 4.78 is 4.71. The molecule has 0 spiro atoms. The van der Waals surface area contributed by atoms with E-state index in [-0.39, 0.29) is 12.6 Å². The zero-order valence-corrected chi connectivity index (χ0v) is 12.0. The fourth-order valence-electron chi connectivity index (χ4n) is 2.80. The van der Waals surface area contributed by atoms with Gasteiger partial charge in [0.25, 0.3) is 0 Å². The Balaban J connectivity index is 2.08.